The van der Waals surface area contributed by atoms with Gasteiger partial charge in [0, 0.05) is 5.56 Å². The number of aromatic hydroxyl groups is 1. The average Bonchev–Trinajstić information content (AvgIpc) is 2.72. The minimum atomic E-state index is -0.521. The number of fused-ring (bicyclic) bond motifs is 1. The van der Waals surface area contributed by atoms with Gasteiger partial charge in [-0.15, -0.1) is 0 Å². The molecule has 7 nitrogen and oxygen atoms in total. The van der Waals surface area contributed by atoms with Crippen LogP contribution in [0.5, 0.6) is 23.0 Å². The summed E-state index contributed by atoms with van der Waals surface area (Å²) in [6.07, 6.45) is 1.44. The molecule has 3 aromatic carbocycles. The van der Waals surface area contributed by atoms with Crippen molar-refractivity contribution in [2.24, 2.45) is 5.10 Å². The number of carbonyl (C=O) groups excluding carboxylic acids is 1. The number of carbonyl (C=O) groups is 1. The Bertz CT molecular complexity index is 1020. The SMILES string of the molecule is COc1cc(/C=N\NC(=O)c2cc3ccccc3cc2O)cc(OC)c1OC. The summed E-state index contributed by atoms with van der Waals surface area (Å²) in [5.41, 5.74) is 3.19. The number of benzene rings is 3. The van der Waals surface area contributed by atoms with Gasteiger partial charge in [0.25, 0.3) is 5.91 Å². The summed E-state index contributed by atoms with van der Waals surface area (Å²) in [7, 11) is 4.55. The van der Waals surface area contributed by atoms with Gasteiger partial charge in [-0.1, -0.05) is 24.3 Å². The van der Waals surface area contributed by atoms with E-state index in [1.54, 1.807) is 24.3 Å². The number of methoxy groups -OCH3 is 3. The van der Waals surface area contributed by atoms with E-state index in [2.05, 4.69) is 10.5 Å². The molecule has 0 aliphatic rings. The molecular formula is C21H20N2O5. The molecule has 0 fully saturated rings. The second-order valence-electron chi connectivity index (χ2n) is 5.87. The van der Waals surface area contributed by atoms with Crippen molar-refractivity contribution in [2.75, 3.05) is 21.3 Å². The van der Waals surface area contributed by atoms with Crippen molar-refractivity contribution in [3.63, 3.8) is 0 Å². The van der Waals surface area contributed by atoms with Crippen molar-refractivity contribution < 1.29 is 24.1 Å². The number of phenolic OH excluding ortho intramolecular Hbond substituents is 1. The third kappa shape index (κ3) is 3.83. The van der Waals surface area contributed by atoms with Crippen molar-refractivity contribution in [3.8, 4) is 23.0 Å². The zero-order valence-electron chi connectivity index (χ0n) is 15.7. The molecule has 0 aliphatic carbocycles. The number of nitrogens with one attached hydrogen (secondary N) is 1. The number of hydrogen-bond acceptors (Lipinski definition) is 6. The number of rotatable bonds is 6. The molecule has 7 heteroatoms. The highest BCUT2D eigenvalue weighted by Crippen LogP contribution is 2.37. The molecule has 0 unspecified atom stereocenters. The lowest BCUT2D eigenvalue weighted by Gasteiger charge is -2.12. The smallest absolute Gasteiger partial charge is 0.275 e. The maximum Gasteiger partial charge on any atom is 0.275 e. The first-order chi connectivity index (χ1) is 13.6. The summed E-state index contributed by atoms with van der Waals surface area (Å²) in [6.45, 7) is 0. The van der Waals surface area contributed by atoms with Gasteiger partial charge < -0.3 is 19.3 Å². The van der Waals surface area contributed by atoms with Crippen molar-refractivity contribution in [2.45, 2.75) is 0 Å². The fourth-order valence-electron chi connectivity index (χ4n) is 2.81. The molecule has 0 aromatic heterocycles. The van der Waals surface area contributed by atoms with Crippen LogP contribution in [0.2, 0.25) is 0 Å². The minimum Gasteiger partial charge on any atom is -0.507 e. The first-order valence-corrected chi connectivity index (χ1v) is 8.42. The Balaban J connectivity index is 1.81. The predicted molar refractivity (Wildman–Crippen MR) is 107 cm³/mol. The van der Waals surface area contributed by atoms with Crippen molar-refractivity contribution in [1.29, 1.82) is 0 Å². The summed E-state index contributed by atoms with van der Waals surface area (Å²) < 4.78 is 15.8. The predicted octanol–water partition coefficient (Wildman–Crippen LogP) is 3.34. The van der Waals surface area contributed by atoms with Crippen LogP contribution < -0.4 is 19.6 Å². The topological polar surface area (TPSA) is 89.4 Å². The summed E-state index contributed by atoms with van der Waals surface area (Å²) >= 11 is 0. The first-order valence-electron chi connectivity index (χ1n) is 8.42. The van der Waals surface area contributed by atoms with Crippen molar-refractivity contribution in [1.82, 2.24) is 5.43 Å². The van der Waals surface area contributed by atoms with Crippen LogP contribution in [0.25, 0.3) is 10.8 Å². The lowest BCUT2D eigenvalue weighted by molar-refractivity contribution is 0.0952. The normalized spacial score (nSPS) is 10.8. The van der Waals surface area contributed by atoms with Crippen LogP contribution in [-0.4, -0.2) is 38.6 Å². The molecule has 0 radical (unpaired) electrons. The molecule has 0 saturated carbocycles. The Morgan fingerprint density at radius 2 is 1.57 bits per heavy atom. The number of nitrogens with zero attached hydrogens (tertiary/aromatic N) is 1. The van der Waals surface area contributed by atoms with E-state index in [-0.39, 0.29) is 11.3 Å². The molecule has 0 bridgehead atoms. The molecule has 0 aliphatic heterocycles. The maximum absolute atomic E-state index is 12.4. The number of hydrogen-bond donors (Lipinski definition) is 2. The van der Waals surface area contributed by atoms with Gasteiger partial charge in [0.2, 0.25) is 5.75 Å². The van der Waals surface area contributed by atoms with E-state index in [9.17, 15) is 9.90 Å². The van der Waals surface area contributed by atoms with Crippen LogP contribution in [0.4, 0.5) is 0 Å². The second kappa shape index (κ2) is 8.30. The van der Waals surface area contributed by atoms with Gasteiger partial charge in [0.1, 0.15) is 5.75 Å². The Morgan fingerprint density at radius 3 is 2.14 bits per heavy atom. The van der Waals surface area contributed by atoms with Gasteiger partial charge in [-0.25, -0.2) is 5.43 Å². The van der Waals surface area contributed by atoms with Gasteiger partial charge in [0.15, 0.2) is 11.5 Å². The Kier molecular flexibility index (Phi) is 5.64. The molecular weight excluding hydrogens is 360 g/mol. The molecule has 0 atom stereocenters. The van der Waals surface area contributed by atoms with Gasteiger partial charge in [-0.2, -0.15) is 5.10 Å². The quantitative estimate of drug-likeness (QED) is 0.506. The first kappa shape index (κ1) is 19.0. The van der Waals surface area contributed by atoms with E-state index in [1.165, 1.54) is 27.5 Å². The van der Waals surface area contributed by atoms with Gasteiger partial charge in [-0.3, -0.25) is 4.79 Å². The molecule has 3 aromatic rings. The van der Waals surface area contributed by atoms with Crippen LogP contribution in [0.1, 0.15) is 15.9 Å². The van der Waals surface area contributed by atoms with Crippen LogP contribution in [0.15, 0.2) is 53.6 Å². The Morgan fingerprint density at radius 1 is 0.964 bits per heavy atom. The number of amides is 1. The highest BCUT2D eigenvalue weighted by atomic mass is 16.5. The molecule has 3 rings (SSSR count). The van der Waals surface area contributed by atoms with Gasteiger partial charge in [-0.05, 0) is 35.0 Å². The van der Waals surface area contributed by atoms with Gasteiger partial charge >= 0.3 is 0 Å². The standard InChI is InChI=1S/C21H20N2O5/c1-26-18-8-13(9-19(27-2)20(18)28-3)12-22-23-21(25)16-10-14-6-4-5-7-15(14)11-17(16)24/h4-12,24H,1-3H3,(H,23,25)/b22-12-. The van der Waals surface area contributed by atoms with Crippen LogP contribution in [0, 0.1) is 0 Å². The highest BCUT2D eigenvalue weighted by molar-refractivity contribution is 6.01. The van der Waals surface area contributed by atoms with Crippen molar-refractivity contribution in [3.05, 3.63) is 59.7 Å². The molecule has 0 saturated heterocycles. The van der Waals surface area contributed by atoms with Crippen LogP contribution in [-0.2, 0) is 0 Å². The lowest BCUT2D eigenvalue weighted by Crippen LogP contribution is -2.17. The molecule has 1 amide bonds. The molecule has 28 heavy (non-hydrogen) atoms. The fourth-order valence-corrected chi connectivity index (χ4v) is 2.81. The van der Waals surface area contributed by atoms with E-state index in [1.807, 2.05) is 24.3 Å². The van der Waals surface area contributed by atoms with E-state index >= 15 is 0 Å². The zero-order chi connectivity index (χ0) is 20.1. The second-order valence-corrected chi connectivity index (χ2v) is 5.87. The van der Waals surface area contributed by atoms with E-state index < -0.39 is 5.91 Å². The maximum atomic E-state index is 12.4. The minimum absolute atomic E-state index is 0.112. The molecule has 0 heterocycles. The summed E-state index contributed by atoms with van der Waals surface area (Å²) in [6, 6.07) is 14.0. The highest BCUT2D eigenvalue weighted by Gasteiger charge is 2.13. The monoisotopic (exact) mass is 380 g/mol. The fraction of sp³-hybridized carbons (Fsp3) is 0.143. The third-order valence-corrected chi connectivity index (χ3v) is 4.18. The van der Waals surface area contributed by atoms with E-state index in [0.717, 1.165) is 10.8 Å². The van der Waals surface area contributed by atoms with Crippen LogP contribution >= 0.6 is 0 Å². The summed E-state index contributed by atoms with van der Waals surface area (Å²) in [5, 5.41) is 15.8. The lowest BCUT2D eigenvalue weighted by atomic mass is 10.1. The average molecular weight is 380 g/mol. The zero-order valence-corrected chi connectivity index (χ0v) is 15.7. The number of ether oxygens (including phenoxy) is 3. The largest absolute Gasteiger partial charge is 0.507 e. The van der Waals surface area contributed by atoms with E-state index in [4.69, 9.17) is 14.2 Å². The molecule has 0 spiro atoms. The number of phenols is 1. The number of hydrazone groups is 1. The van der Waals surface area contributed by atoms with Crippen LogP contribution in [0.3, 0.4) is 0 Å². The van der Waals surface area contributed by atoms with Gasteiger partial charge in [0.05, 0.1) is 33.1 Å². The van der Waals surface area contributed by atoms with E-state index in [0.29, 0.717) is 22.8 Å². The summed E-state index contributed by atoms with van der Waals surface area (Å²) in [4.78, 5) is 12.4. The summed E-state index contributed by atoms with van der Waals surface area (Å²) in [5.74, 6) is 0.780. The Labute approximate surface area is 162 Å². The third-order valence-electron chi connectivity index (χ3n) is 4.18. The molecule has 144 valence electrons. The van der Waals surface area contributed by atoms with Crippen molar-refractivity contribution >= 4 is 22.9 Å². The Hall–Kier alpha value is -3.74. The molecule has 2 N–H and O–H groups in total.